The third-order valence-electron chi connectivity index (χ3n) is 7.85. The Bertz CT molecular complexity index is 1380. The van der Waals surface area contributed by atoms with Crippen molar-refractivity contribution < 1.29 is 33.3 Å². The maximum Gasteiger partial charge on any atom is 0.323 e. The van der Waals surface area contributed by atoms with Crippen LogP contribution in [0.15, 0.2) is 66.7 Å². The molecular weight excluding hydrogens is 510 g/mol. The standard InChI is InChI=1S/C32H35NO7/c1-33(2)22-13-14-23-24(17-22)26(18-27(34)20-10-8-7-9-11-20)32(30(35)39-5,31(36)40-6)19-25(23)21-12-15-28(37-3)29(16-21)38-4/h7-17,25-26H,18-19H2,1-6H3/t25-,26-/m0/s1. The molecule has 0 N–H and O–H groups in total. The Morgan fingerprint density at radius 1 is 0.800 bits per heavy atom. The van der Waals surface area contributed by atoms with Gasteiger partial charge in [-0.2, -0.15) is 0 Å². The number of benzene rings is 3. The SMILES string of the molecule is COC(=O)C1(C(=O)OC)C[C@@H](c2ccc(OC)c(OC)c2)c2ccc(N(C)C)cc2[C@@H]1CC(=O)c1ccccc1. The largest absolute Gasteiger partial charge is 0.493 e. The van der Waals surface area contributed by atoms with Crippen molar-refractivity contribution in [2.75, 3.05) is 47.4 Å². The molecule has 3 aromatic rings. The van der Waals surface area contributed by atoms with E-state index in [2.05, 4.69) is 0 Å². The van der Waals surface area contributed by atoms with Gasteiger partial charge in [0.15, 0.2) is 22.7 Å². The molecule has 0 aromatic heterocycles. The van der Waals surface area contributed by atoms with Crippen LogP contribution in [0.5, 0.6) is 11.5 Å². The number of ketones is 1. The number of esters is 2. The first-order chi connectivity index (χ1) is 19.2. The fourth-order valence-corrected chi connectivity index (χ4v) is 5.78. The minimum atomic E-state index is -1.77. The van der Waals surface area contributed by atoms with Gasteiger partial charge in [0.25, 0.3) is 0 Å². The number of fused-ring (bicyclic) bond motifs is 1. The monoisotopic (exact) mass is 545 g/mol. The minimum Gasteiger partial charge on any atom is -0.493 e. The van der Waals surface area contributed by atoms with Crippen LogP contribution in [0.4, 0.5) is 5.69 Å². The third-order valence-corrected chi connectivity index (χ3v) is 7.85. The zero-order chi connectivity index (χ0) is 29.0. The predicted molar refractivity (Wildman–Crippen MR) is 151 cm³/mol. The summed E-state index contributed by atoms with van der Waals surface area (Å²) in [6.45, 7) is 0. The number of carbonyl (C=O) groups is 3. The summed E-state index contributed by atoms with van der Waals surface area (Å²) in [4.78, 5) is 43.1. The fraction of sp³-hybridized carbons (Fsp3) is 0.344. The van der Waals surface area contributed by atoms with Crippen molar-refractivity contribution in [2.45, 2.75) is 24.7 Å². The average Bonchev–Trinajstić information content (AvgIpc) is 3.00. The molecule has 0 amide bonds. The molecule has 1 aliphatic rings. The number of methoxy groups -OCH3 is 4. The van der Waals surface area contributed by atoms with Crippen LogP contribution >= 0.6 is 0 Å². The van der Waals surface area contributed by atoms with Gasteiger partial charge in [0, 0.05) is 43.6 Å². The first-order valence-electron chi connectivity index (χ1n) is 13.0. The summed E-state index contributed by atoms with van der Waals surface area (Å²) >= 11 is 0. The van der Waals surface area contributed by atoms with E-state index in [1.807, 2.05) is 55.4 Å². The molecule has 1 aliphatic carbocycles. The van der Waals surface area contributed by atoms with Gasteiger partial charge in [0.05, 0.1) is 28.4 Å². The summed E-state index contributed by atoms with van der Waals surface area (Å²) < 4.78 is 21.6. The number of ether oxygens (including phenoxy) is 4. The molecule has 8 nitrogen and oxygen atoms in total. The molecule has 0 heterocycles. The number of anilines is 1. The summed E-state index contributed by atoms with van der Waals surface area (Å²) in [5, 5.41) is 0. The maximum absolute atomic E-state index is 13.8. The van der Waals surface area contributed by atoms with E-state index < -0.39 is 29.2 Å². The second kappa shape index (κ2) is 11.8. The summed E-state index contributed by atoms with van der Waals surface area (Å²) in [6, 6.07) is 20.3. The van der Waals surface area contributed by atoms with Crippen LogP contribution in [-0.2, 0) is 19.1 Å². The summed E-state index contributed by atoms with van der Waals surface area (Å²) in [5.74, 6) is -1.82. The van der Waals surface area contributed by atoms with E-state index in [9.17, 15) is 14.4 Å². The molecule has 0 spiro atoms. The molecule has 210 valence electrons. The summed E-state index contributed by atoms with van der Waals surface area (Å²) in [5.41, 5.74) is 2.04. The fourth-order valence-electron chi connectivity index (χ4n) is 5.78. The van der Waals surface area contributed by atoms with Gasteiger partial charge in [-0.1, -0.05) is 42.5 Å². The second-order valence-electron chi connectivity index (χ2n) is 10.1. The lowest BCUT2D eigenvalue weighted by Crippen LogP contribution is -2.50. The molecule has 40 heavy (non-hydrogen) atoms. The maximum atomic E-state index is 13.8. The Kier molecular flexibility index (Phi) is 8.47. The number of hydrogen-bond acceptors (Lipinski definition) is 8. The van der Waals surface area contributed by atoms with Gasteiger partial charge in [0.1, 0.15) is 0 Å². The first-order valence-corrected chi connectivity index (χ1v) is 13.0. The number of hydrogen-bond donors (Lipinski definition) is 0. The van der Waals surface area contributed by atoms with Crippen LogP contribution < -0.4 is 14.4 Å². The Labute approximate surface area is 234 Å². The highest BCUT2D eigenvalue weighted by molar-refractivity contribution is 6.04. The zero-order valence-electron chi connectivity index (χ0n) is 23.7. The van der Waals surface area contributed by atoms with Crippen molar-refractivity contribution >= 4 is 23.4 Å². The van der Waals surface area contributed by atoms with Crippen molar-refractivity contribution in [1.29, 1.82) is 0 Å². The Morgan fingerprint density at radius 3 is 2.02 bits per heavy atom. The molecule has 0 radical (unpaired) electrons. The lowest BCUT2D eigenvalue weighted by atomic mass is 9.57. The lowest BCUT2D eigenvalue weighted by molar-refractivity contribution is -0.172. The molecular formula is C32H35NO7. The lowest BCUT2D eigenvalue weighted by Gasteiger charge is -2.44. The Morgan fingerprint density at radius 2 is 1.45 bits per heavy atom. The zero-order valence-corrected chi connectivity index (χ0v) is 23.7. The Balaban J connectivity index is 2.00. The molecule has 0 bridgehead atoms. The van der Waals surface area contributed by atoms with Crippen LogP contribution in [0.2, 0.25) is 0 Å². The van der Waals surface area contributed by atoms with Gasteiger partial charge in [-0.05, 0) is 47.4 Å². The quantitative estimate of drug-likeness (QED) is 0.211. The normalized spacial score (nSPS) is 17.2. The van der Waals surface area contributed by atoms with E-state index in [-0.39, 0.29) is 18.6 Å². The summed E-state index contributed by atoms with van der Waals surface area (Å²) in [7, 11) is 9.44. The molecule has 4 rings (SSSR count). The topological polar surface area (TPSA) is 91.4 Å². The van der Waals surface area contributed by atoms with Crippen LogP contribution in [0, 0.1) is 5.41 Å². The molecule has 0 fully saturated rings. The van der Waals surface area contributed by atoms with Crippen molar-refractivity contribution in [3.8, 4) is 11.5 Å². The number of rotatable bonds is 9. The smallest absolute Gasteiger partial charge is 0.323 e. The highest BCUT2D eigenvalue weighted by atomic mass is 16.5. The van der Waals surface area contributed by atoms with E-state index in [1.165, 1.54) is 14.2 Å². The number of Topliss-reactive ketones (excluding diaryl/α,β-unsaturated/α-hetero) is 1. The number of carbonyl (C=O) groups excluding carboxylic acids is 3. The van der Waals surface area contributed by atoms with E-state index >= 15 is 0 Å². The van der Waals surface area contributed by atoms with Crippen LogP contribution in [-0.4, -0.2) is 60.3 Å². The summed E-state index contributed by atoms with van der Waals surface area (Å²) in [6.07, 6.45) is -0.0420. The van der Waals surface area contributed by atoms with Gasteiger partial charge in [-0.25, -0.2) is 0 Å². The third kappa shape index (κ3) is 5.01. The second-order valence-corrected chi connectivity index (χ2v) is 10.1. The molecule has 0 saturated heterocycles. The van der Waals surface area contributed by atoms with Crippen LogP contribution in [0.3, 0.4) is 0 Å². The molecule has 2 atom stereocenters. The van der Waals surface area contributed by atoms with Crippen molar-refractivity contribution in [3.05, 3.63) is 89.0 Å². The van der Waals surface area contributed by atoms with Gasteiger partial charge in [-0.3, -0.25) is 14.4 Å². The highest BCUT2D eigenvalue weighted by Gasteiger charge is 2.59. The van der Waals surface area contributed by atoms with Crippen molar-refractivity contribution in [1.82, 2.24) is 0 Å². The van der Waals surface area contributed by atoms with E-state index in [1.54, 1.807) is 44.6 Å². The average molecular weight is 546 g/mol. The number of nitrogens with zero attached hydrogens (tertiary/aromatic N) is 1. The predicted octanol–water partition coefficient (Wildman–Crippen LogP) is 4.99. The van der Waals surface area contributed by atoms with Crippen LogP contribution in [0.25, 0.3) is 0 Å². The van der Waals surface area contributed by atoms with Gasteiger partial charge < -0.3 is 23.8 Å². The molecule has 0 unspecified atom stereocenters. The molecule has 0 aliphatic heterocycles. The van der Waals surface area contributed by atoms with Gasteiger partial charge >= 0.3 is 11.9 Å². The van der Waals surface area contributed by atoms with Crippen molar-refractivity contribution in [2.24, 2.45) is 5.41 Å². The minimum absolute atomic E-state index is 0.0445. The van der Waals surface area contributed by atoms with Crippen LogP contribution in [0.1, 0.15) is 51.7 Å². The van der Waals surface area contributed by atoms with E-state index in [4.69, 9.17) is 18.9 Å². The van der Waals surface area contributed by atoms with Gasteiger partial charge in [0.2, 0.25) is 0 Å². The molecule has 0 saturated carbocycles. The molecule has 3 aromatic carbocycles. The van der Waals surface area contributed by atoms with E-state index in [0.717, 1.165) is 22.4 Å². The van der Waals surface area contributed by atoms with E-state index in [0.29, 0.717) is 17.1 Å². The first kappa shape index (κ1) is 28.7. The molecule has 8 heteroatoms. The van der Waals surface area contributed by atoms with Gasteiger partial charge in [-0.15, -0.1) is 0 Å². The van der Waals surface area contributed by atoms with Crippen molar-refractivity contribution in [3.63, 3.8) is 0 Å². The Hall–Kier alpha value is -4.33. The highest BCUT2D eigenvalue weighted by Crippen LogP contribution is 2.56.